The molecule has 1 aromatic rings. The molecule has 1 atom stereocenters. The van der Waals surface area contributed by atoms with Gasteiger partial charge in [0.25, 0.3) is 0 Å². The smallest absolute Gasteiger partial charge is 0.185 e. The SMILES string of the molecule is CCCCCN(c1ncc(C(C)NCC)s1)C(C)C. The minimum atomic E-state index is 0.404. The molecule has 0 aromatic carbocycles. The number of nitrogens with zero attached hydrogens (tertiary/aromatic N) is 2. The Kier molecular flexibility index (Phi) is 7.39. The first-order valence-electron chi connectivity index (χ1n) is 7.55. The van der Waals surface area contributed by atoms with Gasteiger partial charge in [-0.15, -0.1) is 11.3 Å². The highest BCUT2D eigenvalue weighted by Crippen LogP contribution is 2.28. The molecule has 0 bridgehead atoms. The molecule has 0 aliphatic carbocycles. The normalized spacial score (nSPS) is 12.9. The van der Waals surface area contributed by atoms with E-state index in [1.165, 1.54) is 29.3 Å². The summed E-state index contributed by atoms with van der Waals surface area (Å²) in [6, 6.07) is 0.922. The van der Waals surface area contributed by atoms with Crippen LogP contribution in [0.5, 0.6) is 0 Å². The Morgan fingerprint density at radius 2 is 2.00 bits per heavy atom. The van der Waals surface area contributed by atoms with Crippen LogP contribution in [0.25, 0.3) is 0 Å². The molecule has 0 radical (unpaired) electrons. The summed E-state index contributed by atoms with van der Waals surface area (Å²) in [6.07, 6.45) is 5.86. The molecule has 4 heteroatoms. The minimum absolute atomic E-state index is 0.404. The Balaban J connectivity index is 2.69. The summed E-state index contributed by atoms with van der Waals surface area (Å²) in [4.78, 5) is 8.39. The number of hydrogen-bond acceptors (Lipinski definition) is 4. The number of hydrogen-bond donors (Lipinski definition) is 1. The predicted molar refractivity (Wildman–Crippen MR) is 86.2 cm³/mol. The fraction of sp³-hybridized carbons (Fsp3) is 0.800. The average Bonchev–Trinajstić information content (AvgIpc) is 2.84. The molecular weight excluding hydrogens is 254 g/mol. The minimum Gasteiger partial charge on any atom is -0.346 e. The number of anilines is 1. The van der Waals surface area contributed by atoms with Crippen molar-refractivity contribution < 1.29 is 0 Å². The summed E-state index contributed by atoms with van der Waals surface area (Å²) >= 11 is 1.83. The zero-order chi connectivity index (χ0) is 14.3. The van der Waals surface area contributed by atoms with Crippen LogP contribution in [-0.4, -0.2) is 24.1 Å². The van der Waals surface area contributed by atoms with Gasteiger partial charge in [-0.05, 0) is 33.7 Å². The van der Waals surface area contributed by atoms with Gasteiger partial charge in [0.2, 0.25) is 0 Å². The molecule has 0 amide bonds. The topological polar surface area (TPSA) is 28.2 Å². The van der Waals surface area contributed by atoms with Gasteiger partial charge in [-0.1, -0.05) is 26.7 Å². The van der Waals surface area contributed by atoms with Gasteiger partial charge in [-0.3, -0.25) is 0 Å². The first kappa shape index (κ1) is 16.4. The number of thiazole rings is 1. The Labute approximate surface area is 122 Å². The van der Waals surface area contributed by atoms with E-state index in [9.17, 15) is 0 Å². The standard InChI is InChI=1S/C15H29N3S/c1-6-8-9-10-18(12(3)4)15-17-11-14(19-15)13(5)16-7-2/h11-13,16H,6-10H2,1-5H3. The summed E-state index contributed by atoms with van der Waals surface area (Å²) in [6.45, 7) is 13.2. The fourth-order valence-corrected chi connectivity index (χ4v) is 3.22. The Morgan fingerprint density at radius 3 is 2.58 bits per heavy atom. The predicted octanol–water partition coefficient (Wildman–Crippen LogP) is 4.22. The molecule has 3 nitrogen and oxygen atoms in total. The molecule has 0 saturated heterocycles. The lowest BCUT2D eigenvalue weighted by Gasteiger charge is -2.26. The van der Waals surface area contributed by atoms with E-state index in [1.807, 2.05) is 17.5 Å². The highest BCUT2D eigenvalue weighted by atomic mass is 32.1. The lowest BCUT2D eigenvalue weighted by Crippen LogP contribution is -2.31. The van der Waals surface area contributed by atoms with Gasteiger partial charge in [0, 0.05) is 29.7 Å². The van der Waals surface area contributed by atoms with Crippen molar-refractivity contribution in [1.82, 2.24) is 10.3 Å². The molecule has 1 N–H and O–H groups in total. The maximum Gasteiger partial charge on any atom is 0.185 e. The highest BCUT2D eigenvalue weighted by Gasteiger charge is 2.16. The molecule has 1 heterocycles. The van der Waals surface area contributed by atoms with Gasteiger partial charge in [0.05, 0.1) is 0 Å². The van der Waals surface area contributed by atoms with Gasteiger partial charge in [0.15, 0.2) is 5.13 Å². The van der Waals surface area contributed by atoms with E-state index in [-0.39, 0.29) is 0 Å². The van der Waals surface area contributed by atoms with E-state index >= 15 is 0 Å². The summed E-state index contributed by atoms with van der Waals surface area (Å²) in [5.41, 5.74) is 0. The Bertz CT molecular complexity index is 349. The van der Waals surface area contributed by atoms with E-state index in [1.54, 1.807) is 0 Å². The van der Waals surface area contributed by atoms with E-state index in [2.05, 4.69) is 49.8 Å². The zero-order valence-electron chi connectivity index (χ0n) is 13.1. The third-order valence-corrected chi connectivity index (χ3v) is 4.54. The Hall–Kier alpha value is -0.610. The fourth-order valence-electron chi connectivity index (χ4n) is 2.12. The maximum atomic E-state index is 4.62. The molecule has 0 saturated carbocycles. The summed E-state index contributed by atoms with van der Waals surface area (Å²) in [5, 5.41) is 4.62. The van der Waals surface area contributed by atoms with Crippen LogP contribution in [-0.2, 0) is 0 Å². The van der Waals surface area contributed by atoms with E-state index < -0.39 is 0 Å². The van der Waals surface area contributed by atoms with Gasteiger partial charge < -0.3 is 10.2 Å². The van der Waals surface area contributed by atoms with Crippen molar-refractivity contribution in [2.75, 3.05) is 18.0 Å². The molecule has 110 valence electrons. The van der Waals surface area contributed by atoms with Crippen molar-refractivity contribution in [3.8, 4) is 0 Å². The molecule has 0 spiro atoms. The first-order valence-corrected chi connectivity index (χ1v) is 8.37. The number of aromatic nitrogens is 1. The average molecular weight is 283 g/mol. The van der Waals surface area contributed by atoms with Crippen molar-refractivity contribution in [3.05, 3.63) is 11.1 Å². The van der Waals surface area contributed by atoms with Gasteiger partial charge in [-0.2, -0.15) is 0 Å². The summed E-state index contributed by atoms with van der Waals surface area (Å²) in [5.74, 6) is 0. The van der Waals surface area contributed by atoms with Gasteiger partial charge in [-0.25, -0.2) is 4.98 Å². The monoisotopic (exact) mass is 283 g/mol. The van der Waals surface area contributed by atoms with Crippen molar-refractivity contribution >= 4 is 16.5 Å². The van der Waals surface area contributed by atoms with Crippen molar-refractivity contribution in [3.63, 3.8) is 0 Å². The number of nitrogens with one attached hydrogen (secondary N) is 1. The second-order valence-corrected chi connectivity index (χ2v) is 6.36. The Morgan fingerprint density at radius 1 is 1.26 bits per heavy atom. The second-order valence-electron chi connectivity index (χ2n) is 5.32. The largest absolute Gasteiger partial charge is 0.346 e. The van der Waals surface area contributed by atoms with Crippen LogP contribution in [0, 0.1) is 0 Å². The van der Waals surface area contributed by atoms with Crippen LogP contribution >= 0.6 is 11.3 Å². The maximum absolute atomic E-state index is 4.62. The van der Waals surface area contributed by atoms with Crippen molar-refractivity contribution in [2.24, 2.45) is 0 Å². The van der Waals surface area contributed by atoms with Crippen molar-refractivity contribution in [2.45, 2.75) is 66.0 Å². The summed E-state index contributed by atoms with van der Waals surface area (Å²) in [7, 11) is 0. The van der Waals surface area contributed by atoms with E-state index in [4.69, 9.17) is 0 Å². The van der Waals surface area contributed by atoms with Crippen molar-refractivity contribution in [1.29, 1.82) is 0 Å². The number of unbranched alkanes of at least 4 members (excludes halogenated alkanes) is 2. The van der Waals surface area contributed by atoms with E-state index in [0.29, 0.717) is 12.1 Å². The highest BCUT2D eigenvalue weighted by molar-refractivity contribution is 7.15. The first-order chi connectivity index (χ1) is 9.10. The van der Waals surface area contributed by atoms with Crippen LogP contribution in [0.1, 0.15) is 64.8 Å². The van der Waals surface area contributed by atoms with Crippen LogP contribution in [0.15, 0.2) is 6.20 Å². The molecule has 1 rings (SSSR count). The third kappa shape index (κ3) is 5.11. The molecule has 0 aliphatic heterocycles. The summed E-state index contributed by atoms with van der Waals surface area (Å²) < 4.78 is 0. The lowest BCUT2D eigenvalue weighted by atomic mass is 10.2. The van der Waals surface area contributed by atoms with E-state index in [0.717, 1.165) is 13.1 Å². The van der Waals surface area contributed by atoms with Gasteiger partial charge >= 0.3 is 0 Å². The number of rotatable bonds is 9. The molecule has 1 aromatic heterocycles. The third-order valence-electron chi connectivity index (χ3n) is 3.32. The van der Waals surface area contributed by atoms with Crippen LogP contribution in [0.4, 0.5) is 5.13 Å². The van der Waals surface area contributed by atoms with Gasteiger partial charge in [0.1, 0.15) is 0 Å². The second kappa shape index (κ2) is 8.54. The quantitative estimate of drug-likeness (QED) is 0.688. The lowest BCUT2D eigenvalue weighted by molar-refractivity contribution is 0.606. The van der Waals surface area contributed by atoms with Crippen LogP contribution in [0.2, 0.25) is 0 Å². The molecule has 1 unspecified atom stereocenters. The zero-order valence-corrected chi connectivity index (χ0v) is 13.9. The molecule has 19 heavy (non-hydrogen) atoms. The van der Waals surface area contributed by atoms with Crippen LogP contribution < -0.4 is 10.2 Å². The molecule has 0 fully saturated rings. The molecular formula is C15H29N3S. The van der Waals surface area contributed by atoms with Crippen LogP contribution in [0.3, 0.4) is 0 Å². The molecule has 0 aliphatic rings.